The van der Waals surface area contributed by atoms with Crippen LogP contribution in [-0.4, -0.2) is 29.7 Å². The molecule has 0 spiro atoms. The molecule has 0 saturated heterocycles. The van der Waals surface area contributed by atoms with Gasteiger partial charge < -0.3 is 9.94 Å². The van der Waals surface area contributed by atoms with Crippen molar-refractivity contribution in [2.75, 3.05) is 13.2 Å². The van der Waals surface area contributed by atoms with E-state index in [4.69, 9.17) is 4.74 Å². The van der Waals surface area contributed by atoms with Gasteiger partial charge in [-0.1, -0.05) is 0 Å². The molecule has 0 radical (unpaired) electrons. The van der Waals surface area contributed by atoms with E-state index in [1.807, 2.05) is 20.8 Å². The monoisotopic (exact) mass is 171 g/mol. The highest BCUT2D eigenvalue weighted by Gasteiger charge is 2.21. The molecule has 0 bridgehead atoms. The van der Waals surface area contributed by atoms with Gasteiger partial charge in [0.15, 0.2) is 12.8 Å². The molecule has 1 atom stereocenters. The zero-order chi connectivity index (χ0) is 9.19. The van der Waals surface area contributed by atoms with Crippen molar-refractivity contribution >= 4 is 6.21 Å². The minimum atomic E-state index is -0.0931. The number of rotatable bonds is 2. The SMILES string of the molecule is CC(C)(C)OC[C@@H]1C=[N+]([O-])CC1. The molecule has 70 valence electrons. The van der Waals surface area contributed by atoms with Crippen molar-refractivity contribution in [1.29, 1.82) is 0 Å². The van der Waals surface area contributed by atoms with Gasteiger partial charge in [-0.3, -0.25) is 0 Å². The van der Waals surface area contributed by atoms with E-state index >= 15 is 0 Å². The first-order valence-corrected chi connectivity index (χ1v) is 4.40. The third-order valence-corrected chi connectivity index (χ3v) is 1.83. The van der Waals surface area contributed by atoms with E-state index in [-0.39, 0.29) is 5.60 Å². The second kappa shape index (κ2) is 3.44. The van der Waals surface area contributed by atoms with Gasteiger partial charge in [0, 0.05) is 6.42 Å². The first-order valence-electron chi connectivity index (χ1n) is 4.40. The van der Waals surface area contributed by atoms with Crippen molar-refractivity contribution in [2.24, 2.45) is 5.92 Å². The van der Waals surface area contributed by atoms with Gasteiger partial charge in [-0.15, -0.1) is 0 Å². The maximum Gasteiger partial charge on any atom is 0.156 e. The summed E-state index contributed by atoms with van der Waals surface area (Å²) in [4.78, 5) is 0. The van der Waals surface area contributed by atoms with Gasteiger partial charge in [-0.2, -0.15) is 0 Å². The normalized spacial score (nSPS) is 24.2. The molecule has 0 fully saturated rings. The lowest BCUT2D eigenvalue weighted by atomic mass is 10.1. The molecule has 1 rings (SSSR count). The van der Waals surface area contributed by atoms with Gasteiger partial charge in [-0.25, -0.2) is 4.74 Å². The molecule has 0 aromatic heterocycles. The van der Waals surface area contributed by atoms with Crippen molar-refractivity contribution in [3.63, 3.8) is 0 Å². The van der Waals surface area contributed by atoms with E-state index in [0.717, 1.165) is 11.2 Å². The van der Waals surface area contributed by atoms with Crippen LogP contribution < -0.4 is 0 Å². The van der Waals surface area contributed by atoms with Crippen LogP contribution in [0.15, 0.2) is 0 Å². The van der Waals surface area contributed by atoms with Crippen molar-refractivity contribution < 1.29 is 9.48 Å². The zero-order valence-corrected chi connectivity index (χ0v) is 8.04. The van der Waals surface area contributed by atoms with Crippen molar-refractivity contribution in [1.82, 2.24) is 0 Å². The lowest BCUT2D eigenvalue weighted by molar-refractivity contribution is -0.443. The summed E-state index contributed by atoms with van der Waals surface area (Å²) in [7, 11) is 0. The summed E-state index contributed by atoms with van der Waals surface area (Å²) in [6.07, 6.45) is 2.64. The Labute approximate surface area is 73.6 Å². The Hall–Kier alpha value is -0.570. The third kappa shape index (κ3) is 3.22. The molecular weight excluding hydrogens is 154 g/mol. The molecule has 1 aliphatic rings. The van der Waals surface area contributed by atoms with Crippen LogP contribution in [0, 0.1) is 11.1 Å². The molecular formula is C9H17NO2. The standard InChI is InChI=1S/C9H17NO2/c1-9(2,3)12-7-8-4-5-10(11)6-8/h6,8H,4-5,7H2,1-3H3/t8-/m0/s1. The van der Waals surface area contributed by atoms with Crippen molar-refractivity contribution in [2.45, 2.75) is 32.8 Å². The number of hydroxylamine groups is 1. The summed E-state index contributed by atoms with van der Waals surface area (Å²) in [6, 6.07) is 0. The fraction of sp³-hybridized carbons (Fsp3) is 0.889. The second-order valence-electron chi connectivity index (χ2n) is 4.26. The summed E-state index contributed by atoms with van der Waals surface area (Å²) >= 11 is 0. The van der Waals surface area contributed by atoms with E-state index in [9.17, 15) is 5.21 Å². The average molecular weight is 171 g/mol. The molecule has 12 heavy (non-hydrogen) atoms. The van der Waals surface area contributed by atoms with Gasteiger partial charge in [0.05, 0.1) is 18.1 Å². The molecule has 0 unspecified atom stereocenters. The molecule has 0 aromatic carbocycles. The molecule has 1 aliphatic heterocycles. The van der Waals surface area contributed by atoms with Gasteiger partial charge >= 0.3 is 0 Å². The van der Waals surface area contributed by atoms with Gasteiger partial charge in [0.2, 0.25) is 0 Å². The third-order valence-electron chi connectivity index (χ3n) is 1.83. The Morgan fingerprint density at radius 2 is 2.25 bits per heavy atom. The largest absolute Gasteiger partial charge is 0.624 e. The fourth-order valence-corrected chi connectivity index (χ4v) is 1.16. The summed E-state index contributed by atoms with van der Waals surface area (Å²) < 4.78 is 6.56. The van der Waals surface area contributed by atoms with Crippen molar-refractivity contribution in [3.05, 3.63) is 5.21 Å². The molecule has 3 heteroatoms. The summed E-state index contributed by atoms with van der Waals surface area (Å²) in [5.41, 5.74) is -0.0931. The van der Waals surface area contributed by atoms with Crippen LogP contribution in [0.25, 0.3) is 0 Å². The van der Waals surface area contributed by atoms with Crippen LogP contribution in [0.4, 0.5) is 0 Å². The number of ether oxygens (including phenoxy) is 1. The average Bonchev–Trinajstić information content (AvgIpc) is 2.30. The first-order chi connectivity index (χ1) is 5.47. The lowest BCUT2D eigenvalue weighted by Crippen LogP contribution is -2.23. The van der Waals surface area contributed by atoms with E-state index in [1.54, 1.807) is 6.21 Å². The second-order valence-corrected chi connectivity index (χ2v) is 4.26. The van der Waals surface area contributed by atoms with Crippen LogP contribution in [0.3, 0.4) is 0 Å². The predicted octanol–water partition coefficient (Wildman–Crippen LogP) is 1.40. The van der Waals surface area contributed by atoms with Crippen LogP contribution in [0.1, 0.15) is 27.2 Å². The molecule has 3 nitrogen and oxygen atoms in total. The summed E-state index contributed by atoms with van der Waals surface area (Å²) in [5.74, 6) is 0.321. The van der Waals surface area contributed by atoms with Gasteiger partial charge in [0.25, 0.3) is 0 Å². The van der Waals surface area contributed by atoms with E-state index in [2.05, 4.69) is 0 Å². The van der Waals surface area contributed by atoms with E-state index in [1.165, 1.54) is 0 Å². The summed E-state index contributed by atoms with van der Waals surface area (Å²) in [5, 5.41) is 10.8. The molecule has 0 amide bonds. The van der Waals surface area contributed by atoms with Gasteiger partial charge in [-0.05, 0) is 20.8 Å². The zero-order valence-electron chi connectivity index (χ0n) is 8.04. The topological polar surface area (TPSA) is 35.3 Å². The van der Waals surface area contributed by atoms with E-state index in [0.29, 0.717) is 19.1 Å². The molecule has 0 aromatic rings. The maximum atomic E-state index is 10.8. The molecule has 0 N–H and O–H groups in total. The van der Waals surface area contributed by atoms with Crippen LogP contribution in [0.5, 0.6) is 0 Å². The molecule has 1 heterocycles. The highest BCUT2D eigenvalue weighted by Crippen LogP contribution is 2.13. The minimum absolute atomic E-state index is 0.0931. The Balaban J connectivity index is 2.25. The quantitative estimate of drug-likeness (QED) is 0.465. The highest BCUT2D eigenvalue weighted by atomic mass is 16.5. The van der Waals surface area contributed by atoms with Crippen LogP contribution >= 0.6 is 0 Å². The van der Waals surface area contributed by atoms with Crippen molar-refractivity contribution in [3.8, 4) is 0 Å². The number of nitrogens with zero attached hydrogens (tertiary/aromatic N) is 1. The Kier molecular flexibility index (Phi) is 2.73. The molecule has 0 saturated carbocycles. The van der Waals surface area contributed by atoms with Gasteiger partial charge in [0.1, 0.15) is 0 Å². The Bertz CT molecular complexity index is 181. The maximum absolute atomic E-state index is 10.8. The Morgan fingerprint density at radius 3 is 2.67 bits per heavy atom. The van der Waals surface area contributed by atoms with Crippen LogP contribution in [-0.2, 0) is 4.74 Å². The van der Waals surface area contributed by atoms with Crippen LogP contribution in [0.2, 0.25) is 0 Å². The number of hydrogen-bond acceptors (Lipinski definition) is 2. The first kappa shape index (κ1) is 9.52. The highest BCUT2D eigenvalue weighted by molar-refractivity contribution is 5.56. The predicted molar refractivity (Wildman–Crippen MR) is 48.4 cm³/mol. The number of hydrogen-bond donors (Lipinski definition) is 0. The molecule has 0 aliphatic carbocycles. The minimum Gasteiger partial charge on any atom is -0.624 e. The summed E-state index contributed by atoms with van der Waals surface area (Å²) in [6.45, 7) is 7.37. The fourth-order valence-electron chi connectivity index (χ4n) is 1.16. The van der Waals surface area contributed by atoms with E-state index < -0.39 is 0 Å². The lowest BCUT2D eigenvalue weighted by Gasteiger charge is -2.20. The Morgan fingerprint density at radius 1 is 1.58 bits per heavy atom. The smallest absolute Gasteiger partial charge is 0.156 e.